The minimum atomic E-state index is -0.560. The van der Waals surface area contributed by atoms with Gasteiger partial charge >= 0.3 is 6.09 Å². The normalized spacial score (nSPS) is 22.0. The number of fused-ring (bicyclic) bond motifs is 4. The molecular weight excluding hydrogens is 522 g/mol. The van der Waals surface area contributed by atoms with Gasteiger partial charge in [-0.3, -0.25) is 9.48 Å². The molecule has 0 saturated heterocycles. The van der Waals surface area contributed by atoms with Crippen LogP contribution in [0.4, 0.5) is 4.79 Å². The predicted octanol–water partition coefficient (Wildman–Crippen LogP) is 5.18. The Morgan fingerprint density at radius 3 is 2.61 bits per heavy atom. The lowest BCUT2D eigenvalue weighted by Crippen LogP contribution is -2.47. The van der Waals surface area contributed by atoms with Gasteiger partial charge in [-0.05, 0) is 84.1 Å². The Bertz CT molecular complexity index is 1720. The number of nitrogens with one attached hydrogen (secondary N) is 1. The molecule has 0 aliphatic heterocycles. The van der Waals surface area contributed by atoms with Crippen molar-refractivity contribution in [3.05, 3.63) is 52.6 Å². The molecule has 2 fully saturated rings. The molecule has 0 atom stereocenters. The van der Waals surface area contributed by atoms with Crippen LogP contribution in [0.1, 0.15) is 58.4 Å². The molecule has 41 heavy (non-hydrogen) atoms. The zero-order valence-corrected chi connectivity index (χ0v) is 24.5. The lowest BCUT2D eigenvalue weighted by Gasteiger charge is -2.30. The Morgan fingerprint density at radius 1 is 1.15 bits per heavy atom. The molecule has 10 heteroatoms. The number of pyridine rings is 2. The predicted molar refractivity (Wildman–Crippen MR) is 156 cm³/mol. The van der Waals surface area contributed by atoms with Gasteiger partial charge in [0, 0.05) is 54.1 Å². The first kappa shape index (κ1) is 27.3. The second-order valence-corrected chi connectivity index (χ2v) is 12.6. The average Bonchev–Trinajstić information content (AvgIpc) is 3.58. The summed E-state index contributed by atoms with van der Waals surface area (Å²) in [6.45, 7) is 7.65. The number of nitrogens with zero attached hydrogens (tertiary/aromatic N) is 4. The van der Waals surface area contributed by atoms with Gasteiger partial charge in [0.2, 0.25) is 0 Å². The van der Waals surface area contributed by atoms with Crippen molar-refractivity contribution in [1.82, 2.24) is 24.6 Å². The quantitative estimate of drug-likeness (QED) is 0.324. The summed E-state index contributed by atoms with van der Waals surface area (Å²) in [5.41, 5.74) is 2.60. The first-order valence-corrected chi connectivity index (χ1v) is 14.1. The van der Waals surface area contributed by atoms with Gasteiger partial charge in [-0.25, -0.2) is 9.78 Å². The summed E-state index contributed by atoms with van der Waals surface area (Å²) in [5, 5.41) is 9.26. The average molecular weight is 560 g/mol. The number of methoxy groups -OCH3 is 1. The van der Waals surface area contributed by atoms with Crippen LogP contribution in [0.3, 0.4) is 0 Å². The molecule has 10 nitrogen and oxygen atoms in total. The molecular formula is C31H37N5O5. The molecule has 1 N–H and O–H groups in total. The Kier molecular flexibility index (Phi) is 6.37. The fourth-order valence-corrected chi connectivity index (χ4v) is 6.77. The van der Waals surface area contributed by atoms with E-state index in [0.29, 0.717) is 28.8 Å². The zero-order chi connectivity index (χ0) is 29.2. The van der Waals surface area contributed by atoms with Crippen molar-refractivity contribution in [3.8, 4) is 17.0 Å². The van der Waals surface area contributed by atoms with E-state index in [1.165, 1.54) is 0 Å². The number of hydrogen-bond donors (Lipinski definition) is 1. The molecule has 0 spiro atoms. The molecule has 3 heterocycles. The van der Waals surface area contributed by atoms with Crippen molar-refractivity contribution in [1.29, 1.82) is 0 Å². The highest BCUT2D eigenvalue weighted by Crippen LogP contribution is 2.54. The maximum atomic E-state index is 13.9. The summed E-state index contributed by atoms with van der Waals surface area (Å²) in [7, 11) is 3.47. The zero-order valence-electron chi connectivity index (χ0n) is 24.5. The SMILES string of the molecule is COCOc1c(-c2ccc3c(=O)n(C45CCC(NC(=O)OC(C)(C)C)(CC4)C5)ccc3n2)cc2cn(C)nc2c1C. The first-order chi connectivity index (χ1) is 19.4. The van der Waals surface area contributed by atoms with Gasteiger partial charge in [-0.2, -0.15) is 5.10 Å². The molecule has 2 saturated carbocycles. The molecule has 0 radical (unpaired) electrons. The van der Waals surface area contributed by atoms with E-state index in [0.717, 1.165) is 47.7 Å². The molecule has 2 bridgehead atoms. The number of alkyl carbamates (subject to hydrolysis) is 1. The summed E-state index contributed by atoms with van der Waals surface area (Å²) in [6.07, 6.45) is 7.42. The molecule has 1 amide bonds. The molecule has 0 unspecified atom stereocenters. The van der Waals surface area contributed by atoms with E-state index in [1.54, 1.807) is 11.8 Å². The molecule has 2 aliphatic rings. The van der Waals surface area contributed by atoms with Crippen molar-refractivity contribution < 1.29 is 19.0 Å². The highest BCUT2D eigenvalue weighted by Gasteiger charge is 2.56. The van der Waals surface area contributed by atoms with Crippen LogP contribution < -0.4 is 15.6 Å². The Labute approximate surface area is 238 Å². The smallest absolute Gasteiger partial charge is 0.408 e. The van der Waals surface area contributed by atoms with Gasteiger partial charge in [-0.15, -0.1) is 0 Å². The first-order valence-electron chi connectivity index (χ1n) is 14.1. The van der Waals surface area contributed by atoms with E-state index < -0.39 is 11.7 Å². The lowest BCUT2D eigenvalue weighted by atomic mass is 9.91. The van der Waals surface area contributed by atoms with Crippen molar-refractivity contribution in [2.24, 2.45) is 7.05 Å². The van der Waals surface area contributed by atoms with Gasteiger partial charge in [0.15, 0.2) is 6.79 Å². The number of ether oxygens (including phenoxy) is 3. The topological polar surface area (TPSA) is 110 Å². The highest BCUT2D eigenvalue weighted by molar-refractivity contribution is 5.92. The third kappa shape index (κ3) is 4.73. The number of aryl methyl sites for hydroxylation is 2. The van der Waals surface area contributed by atoms with E-state index in [2.05, 4.69) is 10.4 Å². The minimum Gasteiger partial charge on any atom is -0.466 e. The van der Waals surface area contributed by atoms with Crippen LogP contribution in [0.2, 0.25) is 0 Å². The van der Waals surface area contributed by atoms with Crippen LogP contribution in [0.15, 0.2) is 41.5 Å². The van der Waals surface area contributed by atoms with Gasteiger partial charge in [0.25, 0.3) is 5.56 Å². The van der Waals surface area contributed by atoms with Crippen LogP contribution in [-0.2, 0) is 22.1 Å². The minimum absolute atomic E-state index is 0.0636. The third-order valence-electron chi connectivity index (χ3n) is 8.53. The second kappa shape index (κ2) is 9.58. The van der Waals surface area contributed by atoms with Crippen LogP contribution in [0, 0.1) is 6.92 Å². The van der Waals surface area contributed by atoms with E-state index in [9.17, 15) is 9.59 Å². The van der Waals surface area contributed by atoms with Crippen LogP contribution in [-0.4, -0.2) is 50.5 Å². The Hall–Kier alpha value is -3.92. The van der Waals surface area contributed by atoms with E-state index in [4.69, 9.17) is 19.2 Å². The summed E-state index contributed by atoms with van der Waals surface area (Å²) in [5.74, 6) is 0.655. The van der Waals surface area contributed by atoms with E-state index in [-0.39, 0.29) is 23.4 Å². The summed E-state index contributed by atoms with van der Waals surface area (Å²) in [4.78, 5) is 31.3. The van der Waals surface area contributed by atoms with Gasteiger partial charge in [0.1, 0.15) is 11.4 Å². The van der Waals surface area contributed by atoms with Crippen LogP contribution in [0.5, 0.6) is 5.75 Å². The number of carbonyl (C=O) groups excluding carboxylic acids is 1. The van der Waals surface area contributed by atoms with E-state index >= 15 is 0 Å². The molecule has 216 valence electrons. The molecule has 4 aromatic rings. The van der Waals surface area contributed by atoms with Crippen molar-refractivity contribution in [2.75, 3.05) is 13.9 Å². The maximum Gasteiger partial charge on any atom is 0.408 e. The van der Waals surface area contributed by atoms with E-state index in [1.807, 2.05) is 76.0 Å². The highest BCUT2D eigenvalue weighted by atomic mass is 16.7. The summed E-state index contributed by atoms with van der Waals surface area (Å²) < 4.78 is 20.4. The fourth-order valence-electron chi connectivity index (χ4n) is 6.77. The summed E-state index contributed by atoms with van der Waals surface area (Å²) in [6, 6.07) is 7.66. The lowest BCUT2D eigenvalue weighted by molar-refractivity contribution is 0.0457. The van der Waals surface area contributed by atoms with Gasteiger partial charge < -0.3 is 24.1 Å². The van der Waals surface area contributed by atoms with Crippen molar-refractivity contribution in [3.63, 3.8) is 0 Å². The molecule has 1 aromatic carbocycles. The number of aromatic nitrogens is 4. The number of amides is 1. The number of hydrogen-bond acceptors (Lipinski definition) is 7. The third-order valence-corrected chi connectivity index (χ3v) is 8.53. The number of benzene rings is 1. The largest absolute Gasteiger partial charge is 0.466 e. The second-order valence-electron chi connectivity index (χ2n) is 12.6. The van der Waals surface area contributed by atoms with Crippen LogP contribution >= 0.6 is 0 Å². The Balaban J connectivity index is 1.34. The van der Waals surface area contributed by atoms with Crippen LogP contribution in [0.25, 0.3) is 33.1 Å². The van der Waals surface area contributed by atoms with Gasteiger partial charge in [-0.1, -0.05) is 0 Å². The van der Waals surface area contributed by atoms with Gasteiger partial charge in [0.05, 0.1) is 22.1 Å². The standard InChI is InChI=1S/C31H37N5O5/c1-19-25-20(16-35(5)34-25)15-22(26(19)40-18-39-6)23-8-7-21-24(32-23)9-14-36(27(21)37)31-12-10-30(17-31,11-13-31)33-28(38)41-29(2,3)4/h7-9,14-16H,10-13,17-18H2,1-6H3,(H,33,38). The number of carbonyl (C=O) groups is 1. The number of rotatable bonds is 6. The monoisotopic (exact) mass is 559 g/mol. The van der Waals surface area contributed by atoms with Crippen molar-refractivity contribution in [2.45, 2.75) is 76.5 Å². The fraction of sp³-hybridized carbons (Fsp3) is 0.484. The Morgan fingerprint density at radius 2 is 1.90 bits per heavy atom. The molecule has 6 rings (SSSR count). The maximum absolute atomic E-state index is 13.9. The summed E-state index contributed by atoms with van der Waals surface area (Å²) >= 11 is 0. The molecule has 3 aromatic heterocycles. The molecule has 2 aliphatic carbocycles. The van der Waals surface area contributed by atoms with Crippen molar-refractivity contribution >= 4 is 27.9 Å².